The number of hydrogen-bond acceptors (Lipinski definition) is 7. The summed E-state index contributed by atoms with van der Waals surface area (Å²) < 4.78 is 27.9. The van der Waals surface area contributed by atoms with Crippen LogP contribution >= 0.6 is 23.2 Å². The van der Waals surface area contributed by atoms with Gasteiger partial charge >= 0.3 is 5.97 Å². The van der Waals surface area contributed by atoms with E-state index in [0.717, 1.165) is 50.5 Å². The van der Waals surface area contributed by atoms with Crippen LogP contribution in [0.25, 0.3) is 11.1 Å². The summed E-state index contributed by atoms with van der Waals surface area (Å²) in [5, 5.41) is 20.7. The minimum Gasteiger partial charge on any atom is -0.478 e. The van der Waals surface area contributed by atoms with Gasteiger partial charge in [0.15, 0.2) is 6.73 Å². The number of carboxylic acids is 1. The van der Waals surface area contributed by atoms with E-state index in [4.69, 9.17) is 32.7 Å². The number of fused-ring (bicyclic) bond motifs is 3. The lowest BCUT2D eigenvalue weighted by Crippen LogP contribution is -2.66. The number of aliphatic hydroxyl groups is 1. The maximum absolute atomic E-state index is 15.9. The monoisotopic (exact) mass is 681 g/mol. The first-order chi connectivity index (χ1) is 22.6. The molecule has 1 aliphatic carbocycles. The van der Waals surface area contributed by atoms with Crippen molar-refractivity contribution in [1.29, 1.82) is 0 Å². The van der Waals surface area contributed by atoms with Gasteiger partial charge in [0.25, 0.3) is 5.91 Å². The molecule has 0 aromatic heterocycles. The third kappa shape index (κ3) is 4.78. The van der Waals surface area contributed by atoms with Gasteiger partial charge in [-0.15, -0.1) is 0 Å². The van der Waals surface area contributed by atoms with Crippen molar-refractivity contribution in [3.8, 4) is 16.9 Å². The van der Waals surface area contributed by atoms with E-state index in [0.29, 0.717) is 41.3 Å². The number of amides is 1. The summed E-state index contributed by atoms with van der Waals surface area (Å²) in [5.74, 6) is -1.79. The highest BCUT2D eigenvalue weighted by atomic mass is 35.5. The highest BCUT2D eigenvalue weighted by Gasteiger charge is 2.54. The first kappa shape index (κ1) is 30.7. The fourth-order valence-corrected chi connectivity index (χ4v) is 8.88. The van der Waals surface area contributed by atoms with Crippen LogP contribution in [-0.4, -0.2) is 78.2 Å². The van der Waals surface area contributed by atoms with Gasteiger partial charge in [-0.2, -0.15) is 0 Å². The number of hydrogen-bond donors (Lipinski definition) is 2. The van der Waals surface area contributed by atoms with Crippen LogP contribution in [-0.2, 0) is 11.3 Å². The number of anilines is 2. The number of benzene rings is 3. The number of para-hydroxylation sites is 1. The molecule has 3 aromatic rings. The minimum absolute atomic E-state index is 0.0234. The first-order valence-corrected chi connectivity index (χ1v) is 16.7. The number of aromatic carboxylic acids is 1. The van der Waals surface area contributed by atoms with E-state index < -0.39 is 17.7 Å². The maximum Gasteiger partial charge on any atom is 0.337 e. The molecule has 8 rings (SSSR count). The molecule has 3 saturated heterocycles. The van der Waals surface area contributed by atoms with Crippen molar-refractivity contribution in [2.45, 2.75) is 57.3 Å². The van der Waals surface area contributed by atoms with Crippen LogP contribution in [0.15, 0.2) is 36.4 Å². The predicted molar refractivity (Wildman–Crippen MR) is 175 cm³/mol. The van der Waals surface area contributed by atoms with Crippen LogP contribution in [0.2, 0.25) is 10.0 Å². The molecule has 4 heterocycles. The molecule has 3 aromatic carbocycles. The number of rotatable bonds is 5. The summed E-state index contributed by atoms with van der Waals surface area (Å²) in [6.45, 7) is 4.26. The van der Waals surface area contributed by atoms with Crippen LogP contribution < -0.4 is 14.5 Å². The quantitative estimate of drug-likeness (QED) is 0.332. The largest absolute Gasteiger partial charge is 0.478 e. The number of nitrogens with zero attached hydrogens (tertiary/aromatic N) is 3. The summed E-state index contributed by atoms with van der Waals surface area (Å²) in [6.07, 6.45) is 3.30. The number of carboxylic acid groups (broad SMARTS) is 1. The van der Waals surface area contributed by atoms with Crippen LogP contribution in [0.1, 0.15) is 57.5 Å². The van der Waals surface area contributed by atoms with Crippen molar-refractivity contribution in [2.24, 2.45) is 5.41 Å². The van der Waals surface area contributed by atoms with Gasteiger partial charge < -0.3 is 34.4 Å². The molecule has 4 aliphatic heterocycles. The molecule has 3 unspecified atom stereocenters. The Morgan fingerprint density at radius 3 is 2.36 bits per heavy atom. The van der Waals surface area contributed by atoms with E-state index in [1.54, 1.807) is 31.2 Å². The van der Waals surface area contributed by atoms with Crippen molar-refractivity contribution < 1.29 is 33.7 Å². The predicted octanol–water partition coefficient (Wildman–Crippen LogP) is 6.13. The van der Waals surface area contributed by atoms with E-state index in [1.165, 1.54) is 4.90 Å². The summed E-state index contributed by atoms with van der Waals surface area (Å²) in [5.41, 5.74) is 3.34. The molecule has 2 bridgehead atoms. The summed E-state index contributed by atoms with van der Waals surface area (Å²) in [7, 11) is 0. The molecule has 9 nitrogen and oxygen atoms in total. The van der Waals surface area contributed by atoms with Gasteiger partial charge in [-0.05, 0) is 56.4 Å². The fraction of sp³-hybridized carbons (Fsp3) is 0.429. The molecule has 1 spiro atoms. The Morgan fingerprint density at radius 2 is 1.74 bits per heavy atom. The third-order valence-electron chi connectivity index (χ3n) is 10.8. The van der Waals surface area contributed by atoms with E-state index in [1.807, 2.05) is 6.07 Å². The number of carbonyl (C=O) groups excluding carboxylic acids is 1. The molecule has 2 N–H and O–H groups in total. The topological polar surface area (TPSA) is 103 Å². The lowest BCUT2D eigenvalue weighted by molar-refractivity contribution is -0.0822. The molecule has 1 saturated carbocycles. The summed E-state index contributed by atoms with van der Waals surface area (Å²) >= 11 is 13.3. The molecule has 0 radical (unpaired) electrons. The molecule has 246 valence electrons. The average molecular weight is 683 g/mol. The van der Waals surface area contributed by atoms with Crippen LogP contribution in [0.4, 0.5) is 15.8 Å². The van der Waals surface area contributed by atoms with Gasteiger partial charge in [-0.3, -0.25) is 4.79 Å². The zero-order chi connectivity index (χ0) is 32.8. The number of ether oxygens (including phenoxy) is 2. The number of halogens is 3. The highest BCUT2D eigenvalue weighted by Crippen LogP contribution is 2.51. The normalized spacial score (nSPS) is 24.0. The van der Waals surface area contributed by atoms with Crippen LogP contribution in [0, 0.1) is 18.2 Å². The molecule has 1 amide bonds. The van der Waals surface area contributed by atoms with Crippen molar-refractivity contribution >= 4 is 46.5 Å². The van der Waals surface area contributed by atoms with Gasteiger partial charge in [-0.1, -0.05) is 41.4 Å². The standard InChI is InChI=1S/C35H34Cl2FN3O6/c1-18-29(27(38)11-24(34(44)45)31(18)41-20-5-6-21(41)14-46-13-20)23-4-2-3-19-12-39(17-47-32(19)23)33(43)30-25(36)9-22(10-26(30)37)40-15-35(16-40)8-7-28(35)42/h2-4,9-11,20-21,28,42H,5-8,12-17H2,1H3,(H,44,45). The number of carbonyl (C=O) groups is 2. The molecule has 5 aliphatic rings. The SMILES string of the molecule is Cc1c(-c2cccc3c2OCN(C(=O)c2c(Cl)cc(N4CC5(CCC5O)C4)cc2Cl)C3)c(F)cc(C(=O)O)c1N1C2CCC1COC2. The molecular formula is C35H34Cl2FN3O6. The van der Waals surface area contributed by atoms with Crippen molar-refractivity contribution in [3.63, 3.8) is 0 Å². The zero-order valence-corrected chi connectivity index (χ0v) is 27.3. The minimum atomic E-state index is -1.18. The number of aliphatic hydroxyl groups excluding tert-OH is 1. The van der Waals surface area contributed by atoms with E-state index in [2.05, 4.69) is 9.80 Å². The fourth-order valence-electron chi connectivity index (χ4n) is 8.24. The Morgan fingerprint density at radius 1 is 1.04 bits per heavy atom. The molecular weight excluding hydrogens is 648 g/mol. The average Bonchev–Trinajstić information content (AvgIpc) is 3.24. The summed E-state index contributed by atoms with van der Waals surface area (Å²) in [6, 6.07) is 9.98. The van der Waals surface area contributed by atoms with Crippen LogP contribution in [0.3, 0.4) is 0 Å². The second-order valence-electron chi connectivity index (χ2n) is 13.5. The van der Waals surface area contributed by atoms with Crippen molar-refractivity contribution in [2.75, 3.05) is 42.8 Å². The van der Waals surface area contributed by atoms with Crippen LogP contribution in [0.5, 0.6) is 5.75 Å². The van der Waals surface area contributed by atoms with E-state index in [9.17, 15) is 19.8 Å². The maximum atomic E-state index is 15.9. The van der Waals surface area contributed by atoms with Crippen molar-refractivity contribution in [3.05, 3.63) is 74.5 Å². The van der Waals surface area contributed by atoms with Crippen molar-refractivity contribution in [1.82, 2.24) is 4.90 Å². The number of morpholine rings is 1. The lowest BCUT2D eigenvalue weighted by Gasteiger charge is -2.59. The first-order valence-electron chi connectivity index (χ1n) is 15.9. The molecule has 3 atom stereocenters. The Labute approximate surface area is 281 Å². The Kier molecular flexibility index (Phi) is 7.36. The summed E-state index contributed by atoms with van der Waals surface area (Å²) in [4.78, 5) is 31.8. The zero-order valence-electron chi connectivity index (χ0n) is 25.8. The third-order valence-corrected chi connectivity index (χ3v) is 11.4. The Balaban J connectivity index is 1.09. The van der Waals surface area contributed by atoms with Gasteiger partial charge in [0.05, 0.1) is 64.8 Å². The van der Waals surface area contributed by atoms with Gasteiger partial charge in [-0.25, -0.2) is 9.18 Å². The second kappa shape index (κ2) is 11.3. The Bertz CT molecular complexity index is 1790. The Hall–Kier alpha value is -3.57. The van der Waals surface area contributed by atoms with Gasteiger partial charge in [0, 0.05) is 40.9 Å². The lowest BCUT2D eigenvalue weighted by atomic mass is 9.61. The highest BCUT2D eigenvalue weighted by molar-refractivity contribution is 6.40. The van der Waals surface area contributed by atoms with E-state index >= 15 is 4.39 Å². The molecule has 47 heavy (non-hydrogen) atoms. The van der Waals surface area contributed by atoms with E-state index in [-0.39, 0.29) is 63.6 Å². The van der Waals surface area contributed by atoms with Gasteiger partial charge in [0.1, 0.15) is 11.6 Å². The second-order valence-corrected chi connectivity index (χ2v) is 14.3. The molecule has 4 fully saturated rings. The smallest absolute Gasteiger partial charge is 0.337 e. The molecule has 12 heteroatoms. The van der Waals surface area contributed by atoms with Gasteiger partial charge in [0.2, 0.25) is 0 Å².